The lowest BCUT2D eigenvalue weighted by atomic mass is 10.1. The maximum atomic E-state index is 14.1. The number of rotatable bonds is 4. The van der Waals surface area contributed by atoms with E-state index in [4.69, 9.17) is 4.98 Å². The van der Waals surface area contributed by atoms with Crippen molar-refractivity contribution in [2.75, 3.05) is 36.8 Å². The van der Waals surface area contributed by atoms with E-state index in [9.17, 15) is 14.0 Å². The summed E-state index contributed by atoms with van der Waals surface area (Å²) in [4.78, 5) is 35.1. The molecule has 2 aromatic carbocycles. The molecule has 10 heteroatoms. The molecule has 4 heterocycles. The second-order valence-electron chi connectivity index (χ2n) is 9.14. The van der Waals surface area contributed by atoms with Gasteiger partial charge in [-0.2, -0.15) is 5.10 Å². The standard InChI is InChI=1S/C26H25FN6O2S/c1-17-6-2-4-8-21(17)33-24-19(15-28-33)25(35)32-18(16-36-26(32)29-24)14-23(34)31-12-10-30(11-13-31)22-9-5-3-7-20(22)27/h2-9,15,18H,10-14,16H2,1H3. The van der Waals surface area contributed by atoms with E-state index in [1.54, 1.807) is 27.6 Å². The van der Waals surface area contributed by atoms with Gasteiger partial charge >= 0.3 is 0 Å². The van der Waals surface area contributed by atoms with Crippen LogP contribution in [-0.2, 0) is 4.79 Å². The van der Waals surface area contributed by atoms with Gasteiger partial charge in [0.25, 0.3) is 5.56 Å². The maximum absolute atomic E-state index is 14.1. The molecular weight excluding hydrogens is 479 g/mol. The van der Waals surface area contributed by atoms with Crippen LogP contribution in [-0.4, -0.2) is 62.1 Å². The summed E-state index contributed by atoms with van der Waals surface area (Å²) in [6.07, 6.45) is 1.80. The molecule has 8 nitrogen and oxygen atoms in total. The molecule has 1 atom stereocenters. The Balaban J connectivity index is 1.20. The van der Waals surface area contributed by atoms with Gasteiger partial charge < -0.3 is 9.80 Å². The molecule has 0 saturated carbocycles. The molecule has 0 spiro atoms. The third-order valence-corrected chi connectivity index (χ3v) is 8.05. The molecule has 4 aromatic rings. The van der Waals surface area contributed by atoms with Crippen LogP contribution in [0.1, 0.15) is 18.0 Å². The van der Waals surface area contributed by atoms with Gasteiger partial charge in [-0.25, -0.2) is 14.1 Å². The van der Waals surface area contributed by atoms with Crippen molar-refractivity contribution in [2.24, 2.45) is 0 Å². The summed E-state index contributed by atoms with van der Waals surface area (Å²) in [5, 5.41) is 5.51. The van der Waals surface area contributed by atoms with E-state index in [1.165, 1.54) is 17.8 Å². The second kappa shape index (κ2) is 9.09. The number of piperazine rings is 1. The Kier molecular flexibility index (Phi) is 5.75. The highest BCUT2D eigenvalue weighted by atomic mass is 32.2. The molecule has 184 valence electrons. The van der Waals surface area contributed by atoms with Gasteiger partial charge in [0, 0.05) is 38.4 Å². The van der Waals surface area contributed by atoms with Gasteiger partial charge in [-0.3, -0.25) is 14.2 Å². The van der Waals surface area contributed by atoms with E-state index in [0.29, 0.717) is 53.8 Å². The number of hydrogen-bond donors (Lipinski definition) is 0. The maximum Gasteiger partial charge on any atom is 0.265 e. The van der Waals surface area contributed by atoms with Crippen LogP contribution in [0.2, 0.25) is 0 Å². The summed E-state index contributed by atoms with van der Waals surface area (Å²) in [6, 6.07) is 14.3. The van der Waals surface area contributed by atoms with Gasteiger partial charge in [-0.15, -0.1) is 0 Å². The fourth-order valence-corrected chi connectivity index (χ4v) is 6.12. The van der Waals surface area contributed by atoms with E-state index >= 15 is 0 Å². The van der Waals surface area contributed by atoms with E-state index in [2.05, 4.69) is 5.10 Å². The molecule has 1 fully saturated rings. The van der Waals surface area contributed by atoms with Crippen LogP contribution >= 0.6 is 11.8 Å². The minimum absolute atomic E-state index is 0.00392. The Bertz CT molecular complexity index is 1520. The Labute approximate surface area is 211 Å². The van der Waals surface area contributed by atoms with Gasteiger partial charge in [0.2, 0.25) is 5.91 Å². The molecule has 0 N–H and O–H groups in total. The highest BCUT2D eigenvalue weighted by Gasteiger charge is 2.32. The van der Waals surface area contributed by atoms with E-state index < -0.39 is 0 Å². The number of aromatic nitrogens is 4. The smallest absolute Gasteiger partial charge is 0.265 e. The van der Waals surface area contributed by atoms with Crippen molar-refractivity contribution in [1.82, 2.24) is 24.2 Å². The zero-order valence-corrected chi connectivity index (χ0v) is 20.6. The minimum Gasteiger partial charge on any atom is -0.366 e. The molecule has 2 aliphatic rings. The number of amides is 1. The average molecular weight is 505 g/mol. The number of nitrogens with zero attached hydrogens (tertiary/aromatic N) is 6. The Morgan fingerprint density at radius 2 is 1.78 bits per heavy atom. The van der Waals surface area contributed by atoms with E-state index in [0.717, 1.165) is 11.3 Å². The number of aryl methyl sites for hydroxylation is 1. The lowest BCUT2D eigenvalue weighted by molar-refractivity contribution is -0.132. The molecular formula is C26H25FN6O2S. The summed E-state index contributed by atoms with van der Waals surface area (Å²) in [6.45, 7) is 4.19. The average Bonchev–Trinajstić information content (AvgIpc) is 3.50. The van der Waals surface area contributed by atoms with Crippen molar-refractivity contribution < 1.29 is 9.18 Å². The van der Waals surface area contributed by atoms with Gasteiger partial charge in [-0.05, 0) is 30.7 Å². The van der Waals surface area contributed by atoms with E-state index in [-0.39, 0.29) is 29.7 Å². The molecule has 1 unspecified atom stereocenters. The number of carbonyl (C=O) groups is 1. The van der Waals surface area contributed by atoms with Crippen molar-refractivity contribution in [3.63, 3.8) is 0 Å². The molecule has 0 bridgehead atoms. The first kappa shape index (κ1) is 22.8. The fourth-order valence-electron chi connectivity index (χ4n) is 4.99. The quantitative estimate of drug-likeness (QED) is 0.397. The summed E-state index contributed by atoms with van der Waals surface area (Å²) >= 11 is 1.49. The predicted molar refractivity (Wildman–Crippen MR) is 137 cm³/mol. The lowest BCUT2D eigenvalue weighted by Crippen LogP contribution is -2.49. The van der Waals surface area contributed by atoms with E-state index in [1.807, 2.05) is 47.1 Å². The minimum atomic E-state index is -0.256. The van der Waals surface area contributed by atoms with Crippen LogP contribution < -0.4 is 10.5 Å². The number of hydrogen-bond acceptors (Lipinski definition) is 6. The van der Waals surface area contributed by atoms with Crippen molar-refractivity contribution in [3.8, 4) is 5.69 Å². The molecule has 2 aromatic heterocycles. The molecule has 1 saturated heterocycles. The predicted octanol–water partition coefficient (Wildman–Crippen LogP) is 3.42. The third-order valence-electron chi connectivity index (χ3n) is 6.95. The number of carbonyl (C=O) groups excluding carboxylic acids is 1. The van der Waals surface area contributed by atoms with Gasteiger partial charge in [0.15, 0.2) is 10.8 Å². The first-order valence-electron chi connectivity index (χ1n) is 12.0. The molecule has 1 amide bonds. The number of benzene rings is 2. The van der Waals surface area contributed by atoms with Gasteiger partial charge in [-0.1, -0.05) is 42.1 Å². The Hall–Kier alpha value is -3.66. The molecule has 6 rings (SSSR count). The first-order valence-corrected chi connectivity index (χ1v) is 13.0. The van der Waals surface area contributed by atoms with Gasteiger partial charge in [0.05, 0.1) is 23.6 Å². The number of thioether (sulfide) groups is 1. The van der Waals surface area contributed by atoms with Crippen molar-refractivity contribution in [1.29, 1.82) is 0 Å². The van der Waals surface area contributed by atoms with Crippen molar-refractivity contribution >= 4 is 34.4 Å². The second-order valence-corrected chi connectivity index (χ2v) is 10.1. The highest BCUT2D eigenvalue weighted by molar-refractivity contribution is 7.99. The fraction of sp³-hybridized carbons (Fsp3) is 0.308. The summed E-state index contributed by atoms with van der Waals surface area (Å²) < 4.78 is 17.5. The SMILES string of the molecule is Cc1ccccc1-n1ncc2c(=O)n3c(nc21)SCC3CC(=O)N1CCN(c2ccccc2F)CC1. The normalized spacial score (nSPS) is 17.6. The number of fused-ring (bicyclic) bond motifs is 2. The monoisotopic (exact) mass is 504 g/mol. The van der Waals surface area contributed by atoms with Crippen LogP contribution in [0.4, 0.5) is 10.1 Å². The van der Waals surface area contributed by atoms with Crippen molar-refractivity contribution in [3.05, 3.63) is 76.5 Å². The number of para-hydroxylation sites is 2. The molecule has 36 heavy (non-hydrogen) atoms. The summed E-state index contributed by atoms with van der Waals surface area (Å²) in [7, 11) is 0. The van der Waals surface area contributed by atoms with Crippen LogP contribution in [0.15, 0.2) is 64.7 Å². The molecule has 2 aliphatic heterocycles. The van der Waals surface area contributed by atoms with Crippen LogP contribution in [0, 0.1) is 12.7 Å². The van der Waals surface area contributed by atoms with Crippen molar-refractivity contribution in [2.45, 2.75) is 24.5 Å². The summed E-state index contributed by atoms with van der Waals surface area (Å²) in [5.74, 6) is 0.373. The number of halogens is 1. The van der Waals surface area contributed by atoms with Gasteiger partial charge in [0.1, 0.15) is 11.2 Å². The first-order chi connectivity index (χ1) is 17.5. The summed E-state index contributed by atoms with van der Waals surface area (Å²) in [5.41, 5.74) is 2.86. The largest absolute Gasteiger partial charge is 0.366 e. The third kappa shape index (κ3) is 3.85. The van der Waals surface area contributed by atoms with Crippen LogP contribution in [0.5, 0.6) is 0 Å². The zero-order valence-electron chi connectivity index (χ0n) is 19.8. The molecule has 0 radical (unpaired) electrons. The van der Waals surface area contributed by atoms with Crippen LogP contribution in [0.3, 0.4) is 0 Å². The molecule has 0 aliphatic carbocycles. The van der Waals surface area contributed by atoms with Crippen LogP contribution in [0.25, 0.3) is 16.7 Å². The zero-order chi connectivity index (χ0) is 24.8. The highest BCUT2D eigenvalue weighted by Crippen LogP contribution is 2.34. The Morgan fingerprint density at radius 3 is 2.53 bits per heavy atom. The lowest BCUT2D eigenvalue weighted by Gasteiger charge is -2.36. The topological polar surface area (TPSA) is 76.3 Å². The Morgan fingerprint density at radius 1 is 1.06 bits per heavy atom. The number of anilines is 1.